The molecule has 0 spiro atoms. The van der Waals surface area contributed by atoms with Crippen molar-refractivity contribution in [2.75, 3.05) is 11.9 Å². The largest absolute Gasteiger partial charge is 0.311 e. The summed E-state index contributed by atoms with van der Waals surface area (Å²) in [4.78, 5) is 33.3. The first kappa shape index (κ1) is 20.6. The van der Waals surface area contributed by atoms with E-state index in [0.29, 0.717) is 22.3 Å². The van der Waals surface area contributed by atoms with Gasteiger partial charge in [0.15, 0.2) is 0 Å². The average Bonchev–Trinajstić information content (AvgIpc) is 2.99. The second-order valence-corrected chi connectivity index (χ2v) is 9.25. The van der Waals surface area contributed by atoms with Gasteiger partial charge in [0, 0.05) is 16.2 Å². The number of anilines is 1. The van der Waals surface area contributed by atoms with Crippen molar-refractivity contribution in [1.29, 1.82) is 0 Å². The highest BCUT2D eigenvalue weighted by atomic mass is 127. The maximum absolute atomic E-state index is 13.7. The lowest BCUT2D eigenvalue weighted by Gasteiger charge is -2.14. The van der Waals surface area contributed by atoms with Gasteiger partial charge in [-0.1, -0.05) is 29.8 Å². The maximum Gasteiger partial charge on any atom is 0.266 e. The molecule has 0 atom stereocenters. The number of para-hydroxylation sites is 1. The Morgan fingerprint density at radius 3 is 2.50 bits per heavy atom. The quantitative estimate of drug-likeness (QED) is 0.266. The van der Waals surface area contributed by atoms with Gasteiger partial charge in [-0.05, 0) is 84.5 Å². The van der Waals surface area contributed by atoms with Gasteiger partial charge in [-0.25, -0.2) is 4.98 Å². The van der Waals surface area contributed by atoms with Gasteiger partial charge in [-0.15, -0.1) is 0 Å². The van der Waals surface area contributed by atoms with E-state index in [4.69, 9.17) is 4.98 Å². The van der Waals surface area contributed by atoms with E-state index in [0.717, 1.165) is 31.6 Å². The highest BCUT2D eigenvalue weighted by Gasteiger charge is 2.30. The molecule has 0 bridgehead atoms. The first-order valence-electron chi connectivity index (χ1n) is 10.2. The Morgan fingerprint density at radius 2 is 1.72 bits per heavy atom. The summed E-state index contributed by atoms with van der Waals surface area (Å²) >= 11 is 2.20. The summed E-state index contributed by atoms with van der Waals surface area (Å²) in [6.07, 6.45) is 1.75. The van der Waals surface area contributed by atoms with Crippen LogP contribution in [0.1, 0.15) is 22.5 Å². The van der Waals surface area contributed by atoms with Crippen LogP contribution in [0.4, 0.5) is 5.69 Å². The van der Waals surface area contributed by atoms with Gasteiger partial charge in [-0.3, -0.25) is 14.2 Å². The SMILES string of the molecule is Cc1ccc2c(c1)C(=Cc1nc3ccc(I)cc3c(=O)n1-c1ccccc1C)C(=O)N2C. The van der Waals surface area contributed by atoms with E-state index < -0.39 is 0 Å². The van der Waals surface area contributed by atoms with Crippen LogP contribution in [0.15, 0.2) is 65.5 Å². The smallest absolute Gasteiger partial charge is 0.266 e. The first-order valence-corrected chi connectivity index (χ1v) is 11.3. The topological polar surface area (TPSA) is 55.2 Å². The average molecular weight is 533 g/mol. The third kappa shape index (κ3) is 3.26. The van der Waals surface area contributed by atoms with E-state index in [2.05, 4.69) is 22.6 Å². The molecule has 0 unspecified atom stereocenters. The second-order valence-electron chi connectivity index (χ2n) is 8.00. The van der Waals surface area contributed by atoms with Crippen molar-refractivity contribution >= 4 is 56.7 Å². The van der Waals surface area contributed by atoms with Gasteiger partial charge < -0.3 is 4.90 Å². The summed E-state index contributed by atoms with van der Waals surface area (Å²) in [5.41, 5.74) is 5.46. The molecule has 0 saturated carbocycles. The van der Waals surface area contributed by atoms with E-state index in [1.807, 2.05) is 74.5 Å². The number of likely N-dealkylation sites (N-methyl/N-ethyl adjacent to an activating group) is 1. The third-order valence-corrected chi connectivity index (χ3v) is 6.50. The summed E-state index contributed by atoms with van der Waals surface area (Å²) in [5, 5.41) is 0.549. The predicted molar refractivity (Wildman–Crippen MR) is 137 cm³/mol. The van der Waals surface area contributed by atoms with Crippen molar-refractivity contribution in [3.63, 3.8) is 0 Å². The number of carbonyl (C=O) groups excluding carboxylic acids is 1. The highest BCUT2D eigenvalue weighted by Crippen LogP contribution is 2.37. The van der Waals surface area contributed by atoms with Crippen molar-refractivity contribution in [3.8, 4) is 5.69 Å². The van der Waals surface area contributed by atoms with Gasteiger partial charge in [0.1, 0.15) is 5.82 Å². The molecule has 5 rings (SSSR count). The summed E-state index contributed by atoms with van der Waals surface area (Å²) < 4.78 is 2.58. The van der Waals surface area contributed by atoms with Gasteiger partial charge in [-0.2, -0.15) is 0 Å². The van der Waals surface area contributed by atoms with Crippen LogP contribution in [0.5, 0.6) is 0 Å². The fraction of sp³-hybridized carbons (Fsp3) is 0.115. The molecular formula is C26H20IN3O2. The molecule has 158 valence electrons. The van der Waals surface area contributed by atoms with Gasteiger partial charge >= 0.3 is 0 Å². The van der Waals surface area contributed by atoms with Crippen LogP contribution in [0, 0.1) is 17.4 Å². The molecule has 0 radical (unpaired) electrons. The number of aromatic nitrogens is 2. The molecule has 1 aliphatic heterocycles. The Kier molecular flexibility index (Phi) is 4.97. The molecule has 4 aromatic rings. The maximum atomic E-state index is 13.7. The molecule has 0 saturated heterocycles. The molecule has 1 aromatic heterocycles. The minimum Gasteiger partial charge on any atom is -0.311 e. The predicted octanol–water partition coefficient (Wildman–Crippen LogP) is 5.12. The number of benzene rings is 3. The Hall–Kier alpha value is -3.26. The van der Waals surface area contributed by atoms with E-state index in [1.165, 1.54) is 0 Å². The van der Waals surface area contributed by atoms with Crippen molar-refractivity contribution < 1.29 is 4.79 Å². The third-order valence-electron chi connectivity index (χ3n) is 5.82. The van der Waals surface area contributed by atoms with Crippen LogP contribution in [0.25, 0.3) is 28.2 Å². The number of aryl methyl sites for hydroxylation is 2. The number of carbonyl (C=O) groups is 1. The van der Waals surface area contributed by atoms with Crippen LogP contribution in [0.3, 0.4) is 0 Å². The lowest BCUT2D eigenvalue weighted by Crippen LogP contribution is -2.24. The Morgan fingerprint density at radius 1 is 0.938 bits per heavy atom. The van der Waals surface area contributed by atoms with Crippen molar-refractivity contribution in [3.05, 3.63) is 97.1 Å². The number of rotatable bonds is 2. The number of amides is 1. The number of hydrogen-bond donors (Lipinski definition) is 0. The van der Waals surface area contributed by atoms with Crippen LogP contribution in [0.2, 0.25) is 0 Å². The normalized spacial score (nSPS) is 14.4. The zero-order chi connectivity index (χ0) is 22.6. The zero-order valence-electron chi connectivity index (χ0n) is 17.9. The molecule has 2 heterocycles. The molecule has 0 N–H and O–H groups in total. The lowest BCUT2D eigenvalue weighted by molar-refractivity contribution is -0.112. The number of fused-ring (bicyclic) bond motifs is 2. The van der Waals surface area contributed by atoms with Crippen LogP contribution >= 0.6 is 22.6 Å². The van der Waals surface area contributed by atoms with Crippen LogP contribution in [-0.2, 0) is 4.79 Å². The van der Waals surface area contributed by atoms with E-state index in [1.54, 1.807) is 22.6 Å². The van der Waals surface area contributed by atoms with E-state index >= 15 is 0 Å². The monoisotopic (exact) mass is 533 g/mol. The minimum atomic E-state index is -0.155. The van der Waals surface area contributed by atoms with Crippen LogP contribution in [-0.4, -0.2) is 22.5 Å². The Balaban J connectivity index is 1.86. The standard InChI is InChI=1S/C26H20IN3O2/c1-15-8-11-23-18(12-15)19(25(31)29(23)3)14-24-28-21-10-9-17(27)13-20(21)26(32)30(24)22-7-5-4-6-16(22)2/h4-14H,1-3H3. The molecule has 0 aliphatic carbocycles. The molecule has 32 heavy (non-hydrogen) atoms. The lowest BCUT2D eigenvalue weighted by atomic mass is 10.0. The molecule has 3 aromatic carbocycles. The van der Waals surface area contributed by atoms with Gasteiger partial charge in [0.2, 0.25) is 0 Å². The van der Waals surface area contributed by atoms with Crippen molar-refractivity contribution in [2.24, 2.45) is 0 Å². The molecule has 0 fully saturated rings. The summed E-state index contributed by atoms with van der Waals surface area (Å²) in [7, 11) is 1.77. The fourth-order valence-electron chi connectivity index (χ4n) is 4.15. The summed E-state index contributed by atoms with van der Waals surface area (Å²) in [6, 6.07) is 19.3. The number of halogens is 1. The summed E-state index contributed by atoms with van der Waals surface area (Å²) in [5.74, 6) is 0.322. The minimum absolute atomic E-state index is 0.112. The molecule has 6 heteroatoms. The van der Waals surface area contributed by atoms with Crippen LogP contribution < -0.4 is 10.5 Å². The molecule has 1 amide bonds. The van der Waals surface area contributed by atoms with Gasteiger partial charge in [0.25, 0.3) is 11.5 Å². The number of hydrogen-bond acceptors (Lipinski definition) is 3. The second kappa shape index (κ2) is 7.70. The Bertz CT molecular complexity index is 1520. The zero-order valence-corrected chi connectivity index (χ0v) is 20.0. The molecule has 5 nitrogen and oxygen atoms in total. The summed E-state index contributed by atoms with van der Waals surface area (Å²) in [6.45, 7) is 3.96. The highest BCUT2D eigenvalue weighted by molar-refractivity contribution is 14.1. The molecular weight excluding hydrogens is 513 g/mol. The van der Waals surface area contributed by atoms with Crippen molar-refractivity contribution in [2.45, 2.75) is 13.8 Å². The Labute approximate surface area is 199 Å². The first-order chi connectivity index (χ1) is 15.3. The molecule has 1 aliphatic rings. The van der Waals surface area contributed by atoms with Gasteiger partial charge in [0.05, 0.1) is 27.9 Å². The number of nitrogens with zero attached hydrogens (tertiary/aromatic N) is 3. The fourth-order valence-corrected chi connectivity index (χ4v) is 4.64. The van der Waals surface area contributed by atoms with E-state index in [-0.39, 0.29) is 11.5 Å². The van der Waals surface area contributed by atoms with Crippen molar-refractivity contribution in [1.82, 2.24) is 9.55 Å². The van der Waals surface area contributed by atoms with E-state index in [9.17, 15) is 9.59 Å².